The van der Waals surface area contributed by atoms with E-state index in [0.717, 1.165) is 0 Å². The Morgan fingerprint density at radius 2 is 1.77 bits per heavy atom. The van der Waals surface area contributed by atoms with E-state index in [1.165, 1.54) is 0 Å². The Morgan fingerprint density at radius 1 is 1.23 bits per heavy atom. The Hall–Kier alpha value is -0.900. The standard InChI is InChI=1S/C9H18N2O2/c1-9(2,3)11-8(13)5-4-7(12)6-10/h4-6,10H2,1-3H3,(H,11,13). The van der Waals surface area contributed by atoms with E-state index in [2.05, 4.69) is 5.32 Å². The van der Waals surface area contributed by atoms with Crippen LogP contribution in [-0.2, 0) is 9.59 Å². The minimum absolute atomic E-state index is 0.0167. The van der Waals surface area contributed by atoms with Gasteiger partial charge in [-0.1, -0.05) is 0 Å². The predicted octanol–water partition coefficient (Wildman–Crippen LogP) is 0.209. The summed E-state index contributed by atoms with van der Waals surface area (Å²) in [7, 11) is 0. The first kappa shape index (κ1) is 12.1. The summed E-state index contributed by atoms with van der Waals surface area (Å²) >= 11 is 0. The molecule has 0 aromatic carbocycles. The van der Waals surface area contributed by atoms with Gasteiger partial charge in [-0.15, -0.1) is 0 Å². The molecule has 3 N–H and O–H groups in total. The van der Waals surface area contributed by atoms with E-state index in [9.17, 15) is 9.59 Å². The number of nitrogens with two attached hydrogens (primary N) is 1. The summed E-state index contributed by atoms with van der Waals surface area (Å²) in [6.07, 6.45) is 0.464. The number of Topliss-reactive ketones (excluding diaryl/α,β-unsaturated/α-hetero) is 1. The van der Waals surface area contributed by atoms with E-state index in [1.54, 1.807) is 0 Å². The highest BCUT2D eigenvalue weighted by atomic mass is 16.2. The van der Waals surface area contributed by atoms with Gasteiger partial charge in [0, 0.05) is 18.4 Å². The van der Waals surface area contributed by atoms with Crippen molar-refractivity contribution in [2.45, 2.75) is 39.2 Å². The summed E-state index contributed by atoms with van der Waals surface area (Å²) in [6.45, 7) is 5.71. The Morgan fingerprint density at radius 3 is 2.15 bits per heavy atom. The van der Waals surface area contributed by atoms with Crippen molar-refractivity contribution < 1.29 is 9.59 Å². The van der Waals surface area contributed by atoms with Crippen LogP contribution in [0.15, 0.2) is 0 Å². The molecule has 0 bridgehead atoms. The van der Waals surface area contributed by atoms with Crippen molar-refractivity contribution in [2.75, 3.05) is 6.54 Å². The molecular formula is C9H18N2O2. The highest BCUT2D eigenvalue weighted by molar-refractivity contribution is 5.86. The molecule has 4 heteroatoms. The molecule has 0 radical (unpaired) electrons. The van der Waals surface area contributed by atoms with E-state index in [-0.39, 0.29) is 36.6 Å². The lowest BCUT2D eigenvalue weighted by Crippen LogP contribution is -2.40. The molecule has 0 spiro atoms. The van der Waals surface area contributed by atoms with Gasteiger partial charge in [-0.25, -0.2) is 0 Å². The third kappa shape index (κ3) is 7.46. The highest BCUT2D eigenvalue weighted by Gasteiger charge is 2.13. The van der Waals surface area contributed by atoms with Gasteiger partial charge in [0.2, 0.25) is 5.91 Å². The second kappa shape index (κ2) is 4.97. The van der Waals surface area contributed by atoms with E-state index in [4.69, 9.17) is 5.73 Å². The van der Waals surface area contributed by atoms with Gasteiger partial charge in [0.05, 0.1) is 6.54 Å². The molecule has 0 saturated carbocycles. The topological polar surface area (TPSA) is 72.2 Å². The van der Waals surface area contributed by atoms with Crippen LogP contribution < -0.4 is 11.1 Å². The largest absolute Gasteiger partial charge is 0.351 e. The molecule has 0 aliphatic heterocycles. The van der Waals surface area contributed by atoms with Crippen LogP contribution in [0.1, 0.15) is 33.6 Å². The molecule has 13 heavy (non-hydrogen) atoms. The zero-order valence-electron chi connectivity index (χ0n) is 8.52. The molecule has 0 aromatic heterocycles. The molecule has 0 saturated heterocycles. The predicted molar refractivity (Wildman–Crippen MR) is 51.2 cm³/mol. The Balaban J connectivity index is 3.71. The summed E-state index contributed by atoms with van der Waals surface area (Å²) in [5.41, 5.74) is 4.87. The van der Waals surface area contributed by atoms with Gasteiger partial charge in [0.1, 0.15) is 5.78 Å². The van der Waals surface area contributed by atoms with Gasteiger partial charge in [-0.3, -0.25) is 9.59 Å². The number of amides is 1. The zero-order valence-corrected chi connectivity index (χ0v) is 8.52. The number of carbonyl (C=O) groups excluding carboxylic acids is 2. The minimum atomic E-state index is -0.233. The molecular weight excluding hydrogens is 168 g/mol. The average molecular weight is 186 g/mol. The maximum absolute atomic E-state index is 11.2. The highest BCUT2D eigenvalue weighted by Crippen LogP contribution is 2.00. The van der Waals surface area contributed by atoms with Gasteiger partial charge in [-0.2, -0.15) is 0 Å². The maximum atomic E-state index is 11.2. The molecule has 0 unspecified atom stereocenters. The van der Waals surface area contributed by atoms with Crippen molar-refractivity contribution in [3.8, 4) is 0 Å². The van der Waals surface area contributed by atoms with Gasteiger partial charge >= 0.3 is 0 Å². The molecule has 76 valence electrons. The summed E-state index contributed by atoms with van der Waals surface area (Å²) in [5.74, 6) is -0.182. The van der Waals surface area contributed by atoms with E-state index in [1.807, 2.05) is 20.8 Å². The van der Waals surface area contributed by atoms with Crippen LogP contribution in [0.5, 0.6) is 0 Å². The minimum Gasteiger partial charge on any atom is -0.351 e. The molecule has 0 aliphatic rings. The molecule has 0 atom stereocenters. The summed E-state index contributed by atoms with van der Waals surface area (Å²) in [4.78, 5) is 22.0. The molecule has 4 nitrogen and oxygen atoms in total. The van der Waals surface area contributed by atoms with Crippen LogP contribution in [-0.4, -0.2) is 23.8 Å². The monoisotopic (exact) mass is 186 g/mol. The van der Waals surface area contributed by atoms with Gasteiger partial charge in [0.25, 0.3) is 0 Å². The molecule has 0 aliphatic carbocycles. The van der Waals surface area contributed by atoms with Crippen LogP contribution >= 0.6 is 0 Å². The van der Waals surface area contributed by atoms with E-state index < -0.39 is 0 Å². The first-order chi connectivity index (χ1) is 5.85. The Labute approximate surface area is 78.9 Å². The number of carbonyl (C=O) groups is 2. The third-order valence-corrected chi connectivity index (χ3v) is 1.37. The average Bonchev–Trinajstić information content (AvgIpc) is 1.97. The SMILES string of the molecule is CC(C)(C)NC(=O)CCC(=O)CN. The summed E-state index contributed by atoms with van der Waals surface area (Å²) in [5, 5.41) is 2.77. The number of rotatable bonds is 4. The fourth-order valence-electron chi connectivity index (χ4n) is 0.836. The van der Waals surface area contributed by atoms with Crippen molar-refractivity contribution >= 4 is 11.7 Å². The quantitative estimate of drug-likeness (QED) is 0.659. The lowest BCUT2D eigenvalue weighted by atomic mass is 10.1. The Kier molecular flexibility index (Phi) is 4.62. The van der Waals surface area contributed by atoms with Gasteiger partial charge in [0.15, 0.2) is 0 Å². The van der Waals surface area contributed by atoms with Crippen molar-refractivity contribution in [3.63, 3.8) is 0 Å². The number of hydrogen-bond donors (Lipinski definition) is 2. The lowest BCUT2D eigenvalue weighted by Gasteiger charge is -2.20. The van der Waals surface area contributed by atoms with Crippen LogP contribution in [0.4, 0.5) is 0 Å². The first-order valence-corrected chi connectivity index (χ1v) is 4.38. The third-order valence-electron chi connectivity index (χ3n) is 1.37. The number of nitrogens with one attached hydrogen (secondary N) is 1. The fraction of sp³-hybridized carbons (Fsp3) is 0.778. The second-order valence-corrected chi connectivity index (χ2v) is 4.04. The van der Waals surface area contributed by atoms with Crippen molar-refractivity contribution in [3.05, 3.63) is 0 Å². The summed E-state index contributed by atoms with van der Waals surface area (Å²) < 4.78 is 0. The lowest BCUT2D eigenvalue weighted by molar-refractivity contribution is -0.125. The van der Waals surface area contributed by atoms with E-state index in [0.29, 0.717) is 0 Å². The molecule has 1 amide bonds. The normalized spacial score (nSPS) is 11.1. The molecule has 0 aromatic rings. The number of hydrogen-bond acceptors (Lipinski definition) is 3. The molecule has 0 rings (SSSR count). The van der Waals surface area contributed by atoms with Crippen molar-refractivity contribution in [1.29, 1.82) is 0 Å². The maximum Gasteiger partial charge on any atom is 0.220 e. The summed E-state index contributed by atoms with van der Waals surface area (Å²) in [6, 6.07) is 0. The van der Waals surface area contributed by atoms with Crippen LogP contribution in [0.3, 0.4) is 0 Å². The van der Waals surface area contributed by atoms with Crippen LogP contribution in [0.25, 0.3) is 0 Å². The molecule has 0 fully saturated rings. The Bertz CT molecular complexity index is 194. The van der Waals surface area contributed by atoms with Crippen molar-refractivity contribution in [1.82, 2.24) is 5.32 Å². The number of ketones is 1. The fourth-order valence-corrected chi connectivity index (χ4v) is 0.836. The second-order valence-electron chi connectivity index (χ2n) is 4.04. The first-order valence-electron chi connectivity index (χ1n) is 4.38. The smallest absolute Gasteiger partial charge is 0.220 e. The van der Waals surface area contributed by atoms with Crippen molar-refractivity contribution in [2.24, 2.45) is 5.73 Å². The molecule has 0 heterocycles. The van der Waals surface area contributed by atoms with Gasteiger partial charge < -0.3 is 11.1 Å². The van der Waals surface area contributed by atoms with Crippen LogP contribution in [0, 0.1) is 0 Å². The van der Waals surface area contributed by atoms with Gasteiger partial charge in [-0.05, 0) is 20.8 Å². The van der Waals surface area contributed by atoms with E-state index >= 15 is 0 Å². The zero-order chi connectivity index (χ0) is 10.5. The van der Waals surface area contributed by atoms with Crippen LogP contribution in [0.2, 0.25) is 0 Å².